The first-order valence-corrected chi connectivity index (χ1v) is 21.7. The van der Waals surface area contributed by atoms with Crippen LogP contribution < -0.4 is 36.2 Å². The zero-order valence-electron chi connectivity index (χ0n) is 40.0. The van der Waals surface area contributed by atoms with Crippen molar-refractivity contribution < 1.29 is 61.2 Å². The van der Waals surface area contributed by atoms with E-state index in [0.29, 0.717) is 6.54 Å². The summed E-state index contributed by atoms with van der Waals surface area (Å²) in [6, 6.07) is 2.72. The van der Waals surface area contributed by atoms with Gasteiger partial charge in [-0.15, -0.1) is 0 Å². The number of aliphatic hydroxyl groups is 2. The van der Waals surface area contributed by atoms with Gasteiger partial charge in [0.1, 0.15) is 34.8 Å². The van der Waals surface area contributed by atoms with Crippen LogP contribution in [0.2, 0.25) is 0 Å². The largest absolute Gasteiger partial charge is 0.484 e. The lowest BCUT2D eigenvalue weighted by Crippen LogP contribution is -2.50. The minimum Gasteiger partial charge on any atom is -0.484 e. The fourth-order valence-corrected chi connectivity index (χ4v) is 5.80. The number of rotatable bonds is 29. The van der Waals surface area contributed by atoms with Gasteiger partial charge in [0.05, 0.1) is 32.0 Å². The molecule has 0 fully saturated rings. The first-order valence-electron chi connectivity index (χ1n) is 21.7. The molecule has 2 aromatic carbocycles. The highest BCUT2D eigenvalue weighted by Gasteiger charge is 2.26. The summed E-state index contributed by atoms with van der Waals surface area (Å²) in [7, 11) is 4.99. The van der Waals surface area contributed by atoms with E-state index in [9.17, 15) is 47.0 Å². The van der Waals surface area contributed by atoms with Crippen molar-refractivity contribution in [3.8, 4) is 11.5 Å². The molecule has 0 aliphatic carbocycles. The topological polar surface area (TPSA) is 210 Å². The fourth-order valence-electron chi connectivity index (χ4n) is 5.80. The van der Waals surface area contributed by atoms with E-state index in [-0.39, 0.29) is 59.4 Å². The summed E-state index contributed by atoms with van der Waals surface area (Å²) in [5, 5.41) is 34.9. The van der Waals surface area contributed by atoms with Gasteiger partial charge in [-0.2, -0.15) is 0 Å². The molecule has 0 heterocycles. The third-order valence-electron chi connectivity index (χ3n) is 9.28. The van der Waals surface area contributed by atoms with Crippen molar-refractivity contribution >= 4 is 23.9 Å². The summed E-state index contributed by atoms with van der Waals surface area (Å²) in [6.07, 6.45) is 7.86. The first kappa shape index (κ1) is 58.2. The first-order chi connectivity index (χ1) is 32.7. The summed E-state index contributed by atoms with van der Waals surface area (Å²) < 4.78 is 74.4. The minimum atomic E-state index is -1.21. The molecule has 0 unspecified atom stereocenters. The number of esters is 1. The highest BCUT2D eigenvalue weighted by molar-refractivity contribution is 5.78. The van der Waals surface area contributed by atoms with Gasteiger partial charge in [0.25, 0.3) is 5.91 Å². The molecule has 0 saturated carbocycles. The van der Waals surface area contributed by atoms with E-state index in [1.807, 2.05) is 13.8 Å². The smallest absolute Gasteiger partial charge is 0.345 e. The van der Waals surface area contributed by atoms with E-state index < -0.39 is 92.5 Å². The molecule has 2 aromatic rings. The van der Waals surface area contributed by atoms with Crippen LogP contribution in [0.3, 0.4) is 0 Å². The number of benzene rings is 2. The maximum atomic E-state index is 14.8. The van der Waals surface area contributed by atoms with E-state index in [2.05, 4.69) is 39.9 Å². The van der Waals surface area contributed by atoms with Gasteiger partial charge >= 0.3 is 18.0 Å². The zero-order valence-corrected chi connectivity index (χ0v) is 40.0. The number of urea groups is 2. The number of allylic oxidation sites excluding steroid dienone is 8. The van der Waals surface area contributed by atoms with Crippen LogP contribution in [-0.4, -0.2) is 122 Å². The van der Waals surface area contributed by atoms with Gasteiger partial charge in [0.15, 0.2) is 19.9 Å². The Morgan fingerprint density at radius 1 is 0.841 bits per heavy atom. The molecule has 69 heavy (non-hydrogen) atoms. The Bertz CT molecular complexity index is 2170. The number of hydrazine groups is 2. The average molecular weight is 976 g/mol. The second kappa shape index (κ2) is 30.5. The molecule has 380 valence electrons. The molecule has 18 nitrogen and oxygen atoms in total. The summed E-state index contributed by atoms with van der Waals surface area (Å²) in [4.78, 5) is 52.8. The van der Waals surface area contributed by atoms with Crippen molar-refractivity contribution in [2.24, 2.45) is 5.92 Å². The molecule has 0 saturated heterocycles. The molecule has 0 bridgehead atoms. The second-order valence-electron chi connectivity index (χ2n) is 15.6. The maximum Gasteiger partial charge on any atom is 0.345 e. The Hall–Kier alpha value is -6.88. The SMILES string of the molecule is C=CN(COC(=O)COc1cc(F)cc([C@@H](CO)NC(=O)N/C(=C/C(F)=C/C=C/NN(C)C)CC)c1)N(C)CN(C(=O)N[C@H](CO)c1cc(F)cc(OCC(=O)NCC(C)C)c1)/C(=C/C(=C)F)CC. The van der Waals surface area contributed by atoms with Crippen LogP contribution in [0.1, 0.15) is 63.7 Å². The van der Waals surface area contributed by atoms with E-state index in [4.69, 9.17) is 14.2 Å². The molecule has 0 aliphatic heterocycles. The number of nitrogens with one attached hydrogen (secondary N) is 5. The van der Waals surface area contributed by atoms with Gasteiger partial charge in [-0.25, -0.2) is 42.0 Å². The van der Waals surface area contributed by atoms with E-state index in [1.165, 1.54) is 53.8 Å². The molecule has 5 amide bonds. The van der Waals surface area contributed by atoms with Gasteiger partial charge in [0.2, 0.25) is 0 Å². The van der Waals surface area contributed by atoms with Crippen molar-refractivity contribution in [2.75, 3.05) is 67.5 Å². The van der Waals surface area contributed by atoms with Crippen LogP contribution in [0.25, 0.3) is 0 Å². The van der Waals surface area contributed by atoms with Crippen molar-refractivity contribution in [1.82, 2.24) is 46.6 Å². The minimum absolute atomic E-state index is 0.0365. The predicted octanol–water partition coefficient (Wildman–Crippen LogP) is 5.83. The number of aliphatic hydroxyl groups excluding tert-OH is 2. The third kappa shape index (κ3) is 22.2. The van der Waals surface area contributed by atoms with Gasteiger partial charge in [0, 0.05) is 63.6 Å². The van der Waals surface area contributed by atoms with Crippen LogP contribution in [0.5, 0.6) is 11.5 Å². The number of ether oxygens (including phenoxy) is 3. The molecule has 0 aliphatic rings. The highest BCUT2D eigenvalue weighted by Crippen LogP contribution is 2.24. The lowest BCUT2D eigenvalue weighted by molar-refractivity contribution is -0.157. The van der Waals surface area contributed by atoms with Crippen LogP contribution in [-0.2, 0) is 14.3 Å². The molecule has 2 rings (SSSR count). The Balaban J connectivity index is 2.14. The van der Waals surface area contributed by atoms with E-state index in [0.717, 1.165) is 41.3 Å². The second-order valence-corrected chi connectivity index (χ2v) is 15.6. The van der Waals surface area contributed by atoms with Crippen LogP contribution in [0, 0.1) is 17.6 Å². The Labute approximate surface area is 400 Å². The highest BCUT2D eigenvalue weighted by atomic mass is 19.1. The Morgan fingerprint density at radius 3 is 1.96 bits per heavy atom. The maximum absolute atomic E-state index is 14.8. The number of hydrogen-bond donors (Lipinski definition) is 7. The fraction of sp³-hybridized carbons (Fsp3) is 0.404. The number of carbonyl (C=O) groups excluding carboxylic acids is 4. The quantitative estimate of drug-likeness (QED) is 0.0169. The summed E-state index contributed by atoms with van der Waals surface area (Å²) in [5.41, 5.74) is 3.33. The van der Waals surface area contributed by atoms with Gasteiger partial charge in [-0.1, -0.05) is 40.9 Å². The van der Waals surface area contributed by atoms with Crippen molar-refractivity contribution in [3.63, 3.8) is 0 Å². The molecular formula is C47H65F4N9O9. The van der Waals surface area contributed by atoms with Gasteiger partial charge in [-0.05, 0) is 78.5 Å². The predicted molar refractivity (Wildman–Crippen MR) is 251 cm³/mol. The Kier molecular flexibility index (Phi) is 25.7. The van der Waals surface area contributed by atoms with Crippen molar-refractivity contribution in [3.05, 3.63) is 132 Å². The van der Waals surface area contributed by atoms with Crippen LogP contribution >= 0.6 is 0 Å². The number of halogens is 4. The molecule has 7 N–H and O–H groups in total. The van der Waals surface area contributed by atoms with Crippen LogP contribution in [0.4, 0.5) is 27.2 Å². The number of hydrogen-bond acceptors (Lipinski definition) is 13. The number of carbonyl (C=O) groups is 4. The van der Waals surface area contributed by atoms with Gasteiger partial charge in [-0.3, -0.25) is 14.7 Å². The van der Waals surface area contributed by atoms with E-state index in [1.54, 1.807) is 33.0 Å². The monoisotopic (exact) mass is 975 g/mol. The Morgan fingerprint density at radius 2 is 1.43 bits per heavy atom. The van der Waals surface area contributed by atoms with Crippen molar-refractivity contribution in [2.45, 2.75) is 52.6 Å². The third-order valence-corrected chi connectivity index (χ3v) is 9.28. The standard InChI is InChI=1S/C47H65F4N9O9/c1-10-38(21-35(49)14-13-15-53-57(7)8)54-46(65)55-42(25-61)33-17-36(50)23-41(19-33)68-28-45(64)69-30-59(12-3)58(9)29-60(39(11-2)16-32(6)48)47(66)56-43(26-62)34-18-37(51)22-40(20-34)67-27-44(63)52-24-31(4)5/h12-23,31,42-43,53,61-62H,3,6,10-11,24-30H2,1-2,4-5,7-9H3,(H,52,63)(H,56,66)(H2,54,55,65)/b15-13+,35-14-,38-21+,39-16+/t42-,43-/m1/s1. The number of amides is 5. The summed E-state index contributed by atoms with van der Waals surface area (Å²) in [5.74, 6) is -4.47. The molecule has 0 aromatic heterocycles. The molecular weight excluding hydrogens is 911 g/mol. The summed E-state index contributed by atoms with van der Waals surface area (Å²) in [6.45, 7) is 11.2. The lowest BCUT2D eigenvalue weighted by atomic mass is 10.1. The molecule has 2 atom stereocenters. The molecule has 22 heteroatoms. The summed E-state index contributed by atoms with van der Waals surface area (Å²) >= 11 is 0. The number of nitrogens with zero attached hydrogens (tertiary/aromatic N) is 4. The lowest BCUT2D eigenvalue weighted by Gasteiger charge is -2.36. The average Bonchev–Trinajstić information content (AvgIpc) is 3.29. The van der Waals surface area contributed by atoms with Gasteiger partial charge < -0.3 is 51.1 Å². The zero-order chi connectivity index (χ0) is 51.6. The van der Waals surface area contributed by atoms with Crippen LogP contribution in [0.15, 0.2) is 109 Å². The molecule has 0 spiro atoms. The molecule has 0 radical (unpaired) electrons. The normalized spacial score (nSPS) is 12.9. The van der Waals surface area contributed by atoms with Crippen molar-refractivity contribution in [1.29, 1.82) is 0 Å². The van der Waals surface area contributed by atoms with E-state index >= 15 is 0 Å².